The van der Waals surface area contributed by atoms with Crippen LogP contribution in [-0.2, 0) is 17.8 Å². The fraction of sp³-hybridized carbons (Fsp3) is 0.471. The van der Waals surface area contributed by atoms with Crippen LogP contribution in [0.15, 0.2) is 30.4 Å². The van der Waals surface area contributed by atoms with E-state index >= 15 is 0 Å². The summed E-state index contributed by atoms with van der Waals surface area (Å²) in [6.07, 6.45) is 7.77. The van der Waals surface area contributed by atoms with E-state index in [4.69, 9.17) is 0 Å². The summed E-state index contributed by atoms with van der Waals surface area (Å²) in [6, 6.07) is 6.26. The van der Waals surface area contributed by atoms with E-state index in [-0.39, 0.29) is 11.8 Å². The third kappa shape index (κ3) is 1.97. The number of carbonyl (C=O) groups is 1. The van der Waals surface area contributed by atoms with Crippen molar-refractivity contribution >= 4 is 11.6 Å². The highest BCUT2D eigenvalue weighted by Gasteiger charge is 2.39. The van der Waals surface area contributed by atoms with Gasteiger partial charge in [-0.25, -0.2) is 0 Å². The van der Waals surface area contributed by atoms with Gasteiger partial charge < -0.3 is 10.6 Å². The first-order valence-electron chi connectivity index (χ1n) is 7.62. The lowest BCUT2D eigenvalue weighted by Crippen LogP contribution is -2.29. The van der Waals surface area contributed by atoms with Gasteiger partial charge in [-0.1, -0.05) is 24.3 Å². The average Bonchev–Trinajstić information content (AvgIpc) is 3.10. The molecule has 2 N–H and O–H groups in total. The third-order valence-corrected chi connectivity index (χ3v) is 5.02. The molecule has 1 aromatic rings. The summed E-state index contributed by atoms with van der Waals surface area (Å²) >= 11 is 0. The molecule has 1 amide bonds. The zero-order valence-electron chi connectivity index (χ0n) is 11.6. The summed E-state index contributed by atoms with van der Waals surface area (Å²) in [6.45, 7) is 1.89. The average molecular weight is 268 g/mol. The molecule has 1 heterocycles. The molecule has 1 aliphatic heterocycles. The molecule has 0 saturated heterocycles. The molecular formula is C17H20N2O. The van der Waals surface area contributed by atoms with E-state index in [0.717, 1.165) is 31.6 Å². The smallest absolute Gasteiger partial charge is 0.228 e. The monoisotopic (exact) mass is 268 g/mol. The van der Waals surface area contributed by atoms with Crippen LogP contribution in [0.25, 0.3) is 0 Å². The molecule has 3 aliphatic rings. The van der Waals surface area contributed by atoms with Gasteiger partial charge in [0.25, 0.3) is 0 Å². The molecular weight excluding hydrogens is 248 g/mol. The highest BCUT2D eigenvalue weighted by molar-refractivity contribution is 5.94. The van der Waals surface area contributed by atoms with Crippen LogP contribution < -0.4 is 10.6 Å². The van der Waals surface area contributed by atoms with Crippen LogP contribution in [0.2, 0.25) is 0 Å². The van der Waals surface area contributed by atoms with Crippen molar-refractivity contribution in [3.8, 4) is 0 Å². The molecule has 1 aromatic carbocycles. The molecule has 1 saturated carbocycles. The molecule has 3 unspecified atom stereocenters. The summed E-state index contributed by atoms with van der Waals surface area (Å²) in [7, 11) is 0. The maximum Gasteiger partial charge on any atom is 0.228 e. The number of allylic oxidation sites excluding steroid dienone is 2. The minimum Gasteiger partial charge on any atom is -0.326 e. The molecule has 0 aromatic heterocycles. The lowest BCUT2D eigenvalue weighted by atomic mass is 9.92. The molecule has 0 spiro atoms. The van der Waals surface area contributed by atoms with Gasteiger partial charge in [-0.05, 0) is 54.8 Å². The van der Waals surface area contributed by atoms with E-state index in [9.17, 15) is 4.79 Å². The van der Waals surface area contributed by atoms with Gasteiger partial charge in [0.1, 0.15) is 0 Å². The Morgan fingerprint density at radius 1 is 1.25 bits per heavy atom. The van der Waals surface area contributed by atoms with E-state index in [0.29, 0.717) is 11.8 Å². The van der Waals surface area contributed by atoms with Gasteiger partial charge in [0, 0.05) is 18.2 Å². The first-order chi connectivity index (χ1) is 9.81. The lowest BCUT2D eigenvalue weighted by Gasteiger charge is -2.23. The van der Waals surface area contributed by atoms with Crippen LogP contribution in [-0.4, -0.2) is 12.5 Å². The van der Waals surface area contributed by atoms with E-state index in [1.165, 1.54) is 17.5 Å². The van der Waals surface area contributed by atoms with Crippen molar-refractivity contribution in [2.75, 3.05) is 11.9 Å². The normalized spacial score (nSPS) is 30.3. The van der Waals surface area contributed by atoms with Crippen molar-refractivity contribution in [1.82, 2.24) is 5.32 Å². The number of carbonyl (C=O) groups excluding carboxylic acids is 1. The van der Waals surface area contributed by atoms with Crippen LogP contribution in [0, 0.1) is 17.8 Å². The van der Waals surface area contributed by atoms with E-state index < -0.39 is 0 Å². The molecule has 3 heteroatoms. The van der Waals surface area contributed by atoms with Gasteiger partial charge in [-0.2, -0.15) is 0 Å². The minimum absolute atomic E-state index is 0.178. The molecule has 2 aliphatic carbocycles. The molecule has 104 valence electrons. The second kappa shape index (κ2) is 4.74. The van der Waals surface area contributed by atoms with Crippen molar-refractivity contribution in [2.24, 2.45) is 17.8 Å². The van der Waals surface area contributed by atoms with Crippen molar-refractivity contribution in [3.05, 3.63) is 41.5 Å². The standard InChI is InChI=1S/C17H20N2O/c20-17(14-9-11-4-5-13(14)8-11)19-16-3-1-2-12-6-7-18-10-15(12)16/h1-5,11,13-14,18H,6-10H2,(H,19,20). The van der Waals surface area contributed by atoms with Crippen molar-refractivity contribution in [1.29, 1.82) is 0 Å². The van der Waals surface area contributed by atoms with Crippen molar-refractivity contribution in [3.63, 3.8) is 0 Å². The Bertz CT molecular complexity index is 578. The van der Waals surface area contributed by atoms with Crippen molar-refractivity contribution < 1.29 is 4.79 Å². The second-order valence-corrected chi connectivity index (χ2v) is 6.25. The minimum atomic E-state index is 0.178. The molecule has 3 nitrogen and oxygen atoms in total. The van der Waals surface area contributed by atoms with Crippen LogP contribution in [0.3, 0.4) is 0 Å². The maximum atomic E-state index is 12.5. The highest BCUT2D eigenvalue weighted by Crippen LogP contribution is 2.43. The number of nitrogens with one attached hydrogen (secondary N) is 2. The van der Waals surface area contributed by atoms with Crippen LogP contribution >= 0.6 is 0 Å². The van der Waals surface area contributed by atoms with Gasteiger partial charge in [0.2, 0.25) is 5.91 Å². The number of rotatable bonds is 2. The van der Waals surface area contributed by atoms with Crippen LogP contribution in [0.4, 0.5) is 5.69 Å². The summed E-state index contributed by atoms with van der Waals surface area (Å²) in [5.41, 5.74) is 3.65. The predicted octanol–water partition coefficient (Wildman–Crippen LogP) is 2.48. The van der Waals surface area contributed by atoms with E-state index in [1.54, 1.807) is 0 Å². The Balaban J connectivity index is 1.54. The number of benzene rings is 1. The number of amides is 1. The third-order valence-electron chi connectivity index (χ3n) is 5.02. The summed E-state index contributed by atoms with van der Waals surface area (Å²) < 4.78 is 0. The number of fused-ring (bicyclic) bond motifs is 3. The van der Waals surface area contributed by atoms with Gasteiger partial charge in [0.15, 0.2) is 0 Å². The van der Waals surface area contributed by atoms with Gasteiger partial charge in [-0.3, -0.25) is 4.79 Å². The Morgan fingerprint density at radius 3 is 3.00 bits per heavy atom. The largest absolute Gasteiger partial charge is 0.326 e. The van der Waals surface area contributed by atoms with Crippen molar-refractivity contribution in [2.45, 2.75) is 25.8 Å². The molecule has 2 bridgehead atoms. The van der Waals surface area contributed by atoms with Gasteiger partial charge in [-0.15, -0.1) is 0 Å². The molecule has 3 atom stereocenters. The number of anilines is 1. The molecule has 0 radical (unpaired) electrons. The van der Waals surface area contributed by atoms with Crippen LogP contribution in [0.1, 0.15) is 24.0 Å². The van der Waals surface area contributed by atoms with Gasteiger partial charge in [0.05, 0.1) is 0 Å². The maximum absolute atomic E-state index is 12.5. The van der Waals surface area contributed by atoms with Crippen LogP contribution in [0.5, 0.6) is 0 Å². The quantitative estimate of drug-likeness (QED) is 0.809. The van der Waals surface area contributed by atoms with E-state index in [1.807, 2.05) is 6.07 Å². The summed E-state index contributed by atoms with van der Waals surface area (Å²) in [4.78, 5) is 12.5. The Hall–Kier alpha value is -1.61. The number of hydrogen-bond donors (Lipinski definition) is 2. The zero-order chi connectivity index (χ0) is 13.5. The summed E-state index contributed by atoms with van der Waals surface area (Å²) in [5.74, 6) is 1.50. The van der Waals surface area contributed by atoms with E-state index in [2.05, 4.69) is 34.9 Å². The highest BCUT2D eigenvalue weighted by atomic mass is 16.1. The zero-order valence-corrected chi connectivity index (χ0v) is 11.6. The van der Waals surface area contributed by atoms with Gasteiger partial charge >= 0.3 is 0 Å². The Kier molecular flexibility index (Phi) is 2.88. The predicted molar refractivity (Wildman–Crippen MR) is 79.3 cm³/mol. The lowest BCUT2D eigenvalue weighted by molar-refractivity contribution is -0.120. The topological polar surface area (TPSA) is 41.1 Å². The molecule has 20 heavy (non-hydrogen) atoms. The first kappa shape index (κ1) is 12.2. The second-order valence-electron chi connectivity index (χ2n) is 6.25. The Labute approximate surface area is 119 Å². The fourth-order valence-corrected chi connectivity index (χ4v) is 3.94. The molecule has 1 fully saturated rings. The first-order valence-corrected chi connectivity index (χ1v) is 7.62. The SMILES string of the molecule is O=C(Nc1cccc2c1CNCC2)C1CC2C=CC1C2. The molecule has 4 rings (SSSR count). The number of hydrogen-bond acceptors (Lipinski definition) is 2. The summed E-state index contributed by atoms with van der Waals surface area (Å²) in [5, 5.41) is 6.57. The fourth-order valence-electron chi connectivity index (χ4n) is 3.94. The Morgan fingerprint density at radius 2 is 2.20 bits per heavy atom.